The van der Waals surface area contributed by atoms with Gasteiger partial charge in [-0.2, -0.15) is 0 Å². The van der Waals surface area contributed by atoms with Crippen LogP contribution in [0.15, 0.2) is 29.0 Å². The Balaban J connectivity index is 1.49. The van der Waals surface area contributed by atoms with Crippen molar-refractivity contribution in [3.05, 3.63) is 34.6 Å². The van der Waals surface area contributed by atoms with Crippen LogP contribution in [0.3, 0.4) is 0 Å². The predicted molar refractivity (Wildman–Crippen MR) is 98.8 cm³/mol. The van der Waals surface area contributed by atoms with Gasteiger partial charge in [0.15, 0.2) is 0 Å². The number of nitrogens with one attached hydrogen (secondary N) is 2. The third-order valence-corrected chi connectivity index (χ3v) is 6.78. The minimum atomic E-state index is 0.376. The fourth-order valence-electron chi connectivity index (χ4n) is 6.11. The zero-order valence-corrected chi connectivity index (χ0v) is 14.5. The maximum atomic E-state index is 4.35. The molecule has 0 spiro atoms. The second-order valence-electron chi connectivity index (χ2n) is 8.49. The summed E-state index contributed by atoms with van der Waals surface area (Å²) in [4.78, 5) is 7.78. The van der Waals surface area contributed by atoms with Gasteiger partial charge in [-0.05, 0) is 74.3 Å². The second-order valence-corrected chi connectivity index (χ2v) is 8.49. The van der Waals surface area contributed by atoms with E-state index in [-0.39, 0.29) is 0 Å². The predicted octanol–water partition coefficient (Wildman–Crippen LogP) is 2.84. The van der Waals surface area contributed by atoms with Crippen molar-refractivity contribution in [1.82, 2.24) is 10.3 Å². The van der Waals surface area contributed by atoms with Crippen LogP contribution in [0.2, 0.25) is 0 Å². The van der Waals surface area contributed by atoms with E-state index in [2.05, 4.69) is 40.7 Å². The van der Waals surface area contributed by atoms with Crippen molar-refractivity contribution in [3.63, 3.8) is 0 Å². The van der Waals surface area contributed by atoms with Gasteiger partial charge < -0.3 is 10.3 Å². The highest BCUT2D eigenvalue weighted by atomic mass is 15.0. The van der Waals surface area contributed by atoms with Crippen molar-refractivity contribution in [2.75, 3.05) is 0 Å². The molecule has 4 bridgehead atoms. The summed E-state index contributed by atoms with van der Waals surface area (Å²) < 4.78 is 0. The number of aromatic amines is 1. The van der Waals surface area contributed by atoms with Crippen LogP contribution in [0.5, 0.6) is 0 Å². The fourth-order valence-corrected chi connectivity index (χ4v) is 6.11. The molecule has 4 aliphatic carbocycles. The van der Waals surface area contributed by atoms with Gasteiger partial charge in [0.2, 0.25) is 0 Å². The lowest BCUT2D eigenvalue weighted by atomic mass is 9.53. The van der Waals surface area contributed by atoms with Gasteiger partial charge in [0.1, 0.15) is 0 Å². The third kappa shape index (κ3) is 2.28. The maximum Gasteiger partial charge on any atom is 0.0561 e. The van der Waals surface area contributed by atoms with Crippen LogP contribution in [0, 0.1) is 17.8 Å². The summed E-state index contributed by atoms with van der Waals surface area (Å²) in [7, 11) is 0. The van der Waals surface area contributed by atoms with Crippen molar-refractivity contribution < 1.29 is 0 Å². The van der Waals surface area contributed by atoms with Gasteiger partial charge in [0.25, 0.3) is 0 Å². The molecule has 1 aromatic heterocycles. The quantitative estimate of drug-likeness (QED) is 0.883. The summed E-state index contributed by atoms with van der Waals surface area (Å²) in [5, 5.41) is 6.39. The molecule has 3 heteroatoms. The van der Waals surface area contributed by atoms with Gasteiger partial charge >= 0.3 is 0 Å². The molecule has 2 heterocycles. The number of aromatic nitrogens is 1. The van der Waals surface area contributed by atoms with Crippen molar-refractivity contribution in [2.24, 2.45) is 22.7 Å². The van der Waals surface area contributed by atoms with E-state index in [4.69, 9.17) is 0 Å². The molecule has 0 unspecified atom stereocenters. The summed E-state index contributed by atoms with van der Waals surface area (Å²) in [6, 6.07) is 2.19. The molecule has 5 aliphatic rings. The Bertz CT molecular complexity index is 788. The molecule has 4 saturated carbocycles. The Morgan fingerprint density at radius 2 is 1.92 bits per heavy atom. The van der Waals surface area contributed by atoms with E-state index in [1.807, 2.05) is 12.4 Å². The normalized spacial score (nSPS) is 39.6. The third-order valence-electron chi connectivity index (χ3n) is 6.78. The molecule has 6 rings (SSSR count). The zero-order chi connectivity index (χ0) is 16.1. The van der Waals surface area contributed by atoms with Gasteiger partial charge in [-0.1, -0.05) is 6.92 Å². The highest BCUT2D eigenvalue weighted by Crippen LogP contribution is 2.55. The molecule has 126 valence electrons. The van der Waals surface area contributed by atoms with Crippen LogP contribution in [-0.2, 0) is 0 Å². The average molecular weight is 321 g/mol. The molecule has 1 aromatic rings. The molecule has 1 aliphatic heterocycles. The van der Waals surface area contributed by atoms with E-state index < -0.39 is 0 Å². The summed E-state index contributed by atoms with van der Waals surface area (Å²) in [6.45, 7) is 2.19. The number of nitrogens with zero attached hydrogens (tertiary/aromatic N) is 1. The number of hydrogen-bond donors (Lipinski definition) is 2. The minimum absolute atomic E-state index is 0.376. The van der Waals surface area contributed by atoms with Crippen molar-refractivity contribution in [2.45, 2.75) is 57.4 Å². The molecular weight excluding hydrogens is 294 g/mol. The Hall–Kier alpha value is -1.77. The van der Waals surface area contributed by atoms with Crippen molar-refractivity contribution in [1.29, 1.82) is 0 Å². The first kappa shape index (κ1) is 14.6. The largest absolute Gasteiger partial charge is 0.385 e. The lowest BCUT2D eigenvalue weighted by Crippen LogP contribution is -2.57. The second kappa shape index (κ2) is 5.37. The van der Waals surface area contributed by atoms with Crippen molar-refractivity contribution >= 4 is 18.0 Å². The standard InChI is InChI=1S/C21H27N3/c1-2-17-11-22-13-19(17)20-18(3-4-23-20)12-24-21-8-14-5-15(9-21)7-16(6-14)10-21/h3-4,11-16,23-24H,2,5-10H2,1H3. The van der Waals surface area contributed by atoms with Crippen LogP contribution in [0.1, 0.15) is 51.9 Å². The Morgan fingerprint density at radius 3 is 2.58 bits per heavy atom. The molecule has 3 nitrogen and oxygen atoms in total. The summed E-state index contributed by atoms with van der Waals surface area (Å²) in [5.41, 5.74) is 2.95. The van der Waals surface area contributed by atoms with E-state index in [9.17, 15) is 0 Å². The Labute approximate surface area is 143 Å². The monoisotopic (exact) mass is 321 g/mol. The number of allylic oxidation sites excluding steroid dienone is 1. The van der Waals surface area contributed by atoms with Gasteiger partial charge in [-0.3, -0.25) is 4.99 Å². The molecule has 0 saturated heterocycles. The molecule has 0 radical (unpaired) electrons. The fraction of sp³-hybridized carbons (Fsp3) is 0.571. The number of aliphatic imine (C=N–C) groups is 1. The molecule has 0 aromatic carbocycles. The van der Waals surface area contributed by atoms with Crippen LogP contribution < -0.4 is 15.9 Å². The highest BCUT2D eigenvalue weighted by Gasteiger charge is 2.50. The molecule has 0 atom stereocenters. The lowest BCUT2D eigenvalue weighted by molar-refractivity contribution is -0.0107. The first-order chi connectivity index (χ1) is 11.7. The smallest absolute Gasteiger partial charge is 0.0561 e. The minimum Gasteiger partial charge on any atom is -0.385 e. The summed E-state index contributed by atoms with van der Waals surface area (Å²) >= 11 is 0. The van der Waals surface area contributed by atoms with E-state index in [1.165, 1.54) is 60.2 Å². The van der Waals surface area contributed by atoms with Crippen LogP contribution >= 0.6 is 0 Å². The van der Waals surface area contributed by atoms with Crippen LogP contribution in [0.4, 0.5) is 0 Å². The summed E-state index contributed by atoms with van der Waals surface area (Å²) in [5.74, 6) is 2.94. The SMILES string of the molecule is CCC1=CN=CC1=c1[nH]ccc1=CNC12CC3CC(CC(C3)C1)C2. The topological polar surface area (TPSA) is 40.2 Å². The number of hydrogen-bond acceptors (Lipinski definition) is 2. The van der Waals surface area contributed by atoms with E-state index >= 15 is 0 Å². The number of rotatable bonds is 3. The van der Waals surface area contributed by atoms with E-state index in [0.717, 1.165) is 24.2 Å². The molecule has 24 heavy (non-hydrogen) atoms. The van der Waals surface area contributed by atoms with Crippen molar-refractivity contribution in [3.8, 4) is 0 Å². The zero-order valence-electron chi connectivity index (χ0n) is 14.5. The molecule has 0 amide bonds. The van der Waals surface area contributed by atoms with Gasteiger partial charge in [-0.25, -0.2) is 0 Å². The Kier molecular flexibility index (Phi) is 3.26. The molecular formula is C21H27N3. The summed E-state index contributed by atoms with van der Waals surface area (Å²) in [6.07, 6.45) is 18.0. The highest BCUT2D eigenvalue weighted by molar-refractivity contribution is 6.11. The molecule has 4 fully saturated rings. The first-order valence-corrected chi connectivity index (χ1v) is 9.63. The van der Waals surface area contributed by atoms with E-state index in [0.29, 0.717) is 5.54 Å². The van der Waals surface area contributed by atoms with Gasteiger partial charge in [-0.15, -0.1) is 0 Å². The van der Waals surface area contributed by atoms with E-state index in [1.54, 1.807) is 0 Å². The maximum absolute atomic E-state index is 4.35. The first-order valence-electron chi connectivity index (χ1n) is 9.63. The van der Waals surface area contributed by atoms with Crippen LogP contribution in [-0.4, -0.2) is 16.7 Å². The molecule has 2 N–H and O–H groups in total. The van der Waals surface area contributed by atoms with Gasteiger partial charge in [0.05, 0.1) is 5.35 Å². The van der Waals surface area contributed by atoms with Crippen LogP contribution in [0.25, 0.3) is 11.8 Å². The Morgan fingerprint density at radius 1 is 1.21 bits per heavy atom. The lowest BCUT2D eigenvalue weighted by Gasteiger charge is -2.56. The number of H-pyrrole nitrogens is 1. The van der Waals surface area contributed by atoms with Gasteiger partial charge in [0, 0.05) is 41.1 Å². The average Bonchev–Trinajstić information content (AvgIpc) is 3.20.